The number of carbonyl (C=O) groups excluding carboxylic acids is 8. The molecule has 11 bridgehead atoms. The summed E-state index contributed by atoms with van der Waals surface area (Å²) in [6.07, 6.45) is -20.9. The lowest BCUT2D eigenvalue weighted by atomic mass is 9.85. The van der Waals surface area contributed by atoms with Crippen molar-refractivity contribution < 1.29 is 127 Å². The van der Waals surface area contributed by atoms with Crippen molar-refractivity contribution in [3.05, 3.63) is 117 Å². The summed E-state index contributed by atoms with van der Waals surface area (Å²) in [6, 6.07) is -1.50. The molecule has 0 aliphatic carbocycles. The van der Waals surface area contributed by atoms with Crippen molar-refractivity contribution in [1.82, 2.24) is 37.2 Å². The number of halogens is 2. The summed E-state index contributed by atoms with van der Waals surface area (Å²) in [4.78, 5) is 130. The Hall–Kier alpha value is -9.89. The standard InChI is InChI=1S/C70H81Cl2N9O26/c1-25(2)14-36(73)60(92)79-51-53(87)28-9-12-40(34(71)16-28)102-42-18-30-19-43(57(42)106-67-58(56(90)55(89)44(24-82)104-67)105-46-23-70(7,59(91)26(3)101-46)81-68(100)107-69(4,5)6)103-41-13-10-29(17-35(41)72)54(88)52-65(97)78-50(66(98)99)33-20-31(83)21-39(85)47(33)32-15-27(8-11-38(32)84)48(62(94)80-52)77-63(95)49(30)76-61(93)37(22-45(74)86)75-64(51)96/h8-13,15-21,25-26,36-37,44,46,48-56,58-59,67,82-85,87-91H,14,22-24,73H2,1-7H3,(H2,74,86)(H,75,96)(H,76,93)(H,77,95)(H,78,97)(H,79,92)(H,80,94)(H,81,100)(H,98,99)/t26-,36-,37-,44+,46-,48+,49+,50-,51+,52-,53+,54+,55+,56-,58?,59+,67?,70-/m0/s1. The maximum atomic E-state index is 16.1. The summed E-state index contributed by atoms with van der Waals surface area (Å²) in [7, 11) is 0. The van der Waals surface area contributed by atoms with Crippen molar-refractivity contribution in [2.24, 2.45) is 17.4 Å². The molecule has 0 saturated carbocycles. The van der Waals surface area contributed by atoms with E-state index in [1.165, 1.54) is 19.9 Å². The summed E-state index contributed by atoms with van der Waals surface area (Å²) in [5.74, 6) is -16.7. The van der Waals surface area contributed by atoms with Crippen LogP contribution >= 0.6 is 23.2 Å². The Morgan fingerprint density at radius 2 is 1.31 bits per heavy atom. The van der Waals surface area contributed by atoms with Crippen LogP contribution < -0.4 is 62.9 Å². The minimum absolute atomic E-state index is 0.0611. The molecule has 37 heteroatoms. The summed E-state index contributed by atoms with van der Waals surface area (Å²) < 4.78 is 44.2. The number of primary amides is 1. The number of carboxylic acids is 1. The van der Waals surface area contributed by atoms with Gasteiger partial charge in [0.2, 0.25) is 53.4 Å². The van der Waals surface area contributed by atoms with Gasteiger partial charge in [-0.3, -0.25) is 33.6 Å². The molecule has 0 spiro atoms. The lowest BCUT2D eigenvalue weighted by molar-refractivity contribution is -0.334. The van der Waals surface area contributed by atoms with Gasteiger partial charge < -0.3 is 133 Å². The number of benzene rings is 5. The molecular formula is C70H81Cl2N9O26. The topological polar surface area (TPSA) is 557 Å². The fourth-order valence-corrected chi connectivity index (χ4v) is 13.4. The molecule has 2 saturated heterocycles. The number of hydrogen-bond donors (Lipinski definition) is 19. The number of carbonyl (C=O) groups is 9. The molecule has 7 aliphatic heterocycles. The van der Waals surface area contributed by atoms with E-state index in [4.69, 9.17) is 67.8 Å². The molecule has 5 aromatic carbocycles. The van der Waals surface area contributed by atoms with Crippen LogP contribution in [0.25, 0.3) is 11.1 Å². The first-order valence-corrected chi connectivity index (χ1v) is 34.2. The van der Waals surface area contributed by atoms with Crippen molar-refractivity contribution in [1.29, 1.82) is 0 Å². The number of aliphatic hydroxyl groups is 6. The van der Waals surface area contributed by atoms with Gasteiger partial charge in [-0.05, 0) is 124 Å². The van der Waals surface area contributed by atoms with Gasteiger partial charge in [0.15, 0.2) is 29.9 Å². The molecule has 2 fully saturated rings. The maximum absolute atomic E-state index is 16.1. The fraction of sp³-hybridized carbons (Fsp3) is 0.443. The molecule has 18 atom stereocenters. The number of alkyl carbamates (subject to hydrolysis) is 1. The molecule has 0 aromatic heterocycles. The number of aliphatic hydroxyl groups excluding tert-OH is 6. The highest BCUT2D eigenvalue weighted by molar-refractivity contribution is 6.32. The number of ether oxygens (including phenoxy) is 7. The van der Waals surface area contributed by atoms with Crippen LogP contribution in [0.15, 0.2) is 78.9 Å². The van der Waals surface area contributed by atoms with Crippen LogP contribution in [0.3, 0.4) is 0 Å². The van der Waals surface area contributed by atoms with Crippen molar-refractivity contribution >= 4 is 76.6 Å². The molecule has 7 aliphatic rings. The Bertz CT molecular complexity index is 4320. The van der Waals surface area contributed by atoms with E-state index in [0.717, 1.165) is 72.8 Å². The molecule has 7 heterocycles. The molecule has 107 heavy (non-hydrogen) atoms. The van der Waals surface area contributed by atoms with Gasteiger partial charge >= 0.3 is 12.1 Å². The van der Waals surface area contributed by atoms with Crippen molar-refractivity contribution in [3.8, 4) is 57.1 Å². The summed E-state index contributed by atoms with van der Waals surface area (Å²) in [5.41, 5.74) is 6.33. The number of fused-ring (bicyclic) bond motifs is 15. The Labute approximate surface area is 619 Å². The predicted octanol–water partition coefficient (Wildman–Crippen LogP) is 1.41. The number of amides is 8. The molecule has 2 unspecified atom stereocenters. The van der Waals surface area contributed by atoms with Crippen LogP contribution in [0.1, 0.15) is 126 Å². The van der Waals surface area contributed by atoms with E-state index in [1.807, 2.05) is 0 Å². The van der Waals surface area contributed by atoms with Gasteiger partial charge in [0, 0.05) is 29.2 Å². The number of rotatable bonds is 13. The van der Waals surface area contributed by atoms with Gasteiger partial charge in [0.05, 0.1) is 40.8 Å². The average molecular weight is 1540 g/mol. The Morgan fingerprint density at radius 3 is 1.90 bits per heavy atom. The van der Waals surface area contributed by atoms with Gasteiger partial charge in [-0.2, -0.15) is 0 Å². The zero-order chi connectivity index (χ0) is 78.3. The Kier molecular flexibility index (Phi) is 23.7. The third-order valence-corrected chi connectivity index (χ3v) is 18.8. The lowest BCUT2D eigenvalue weighted by Crippen LogP contribution is -2.66. The molecule has 5 aromatic rings. The van der Waals surface area contributed by atoms with Crippen LogP contribution in [0.2, 0.25) is 10.0 Å². The number of aliphatic carboxylic acids is 1. The second-order valence-corrected chi connectivity index (χ2v) is 28.8. The molecule has 0 radical (unpaired) electrons. The monoisotopic (exact) mass is 1530 g/mol. The first-order chi connectivity index (χ1) is 50.2. The Balaban J connectivity index is 1.23. The van der Waals surface area contributed by atoms with E-state index in [-0.39, 0.29) is 34.8 Å². The third kappa shape index (κ3) is 17.6. The van der Waals surface area contributed by atoms with Crippen LogP contribution in [0.5, 0.6) is 46.0 Å². The number of nitrogens with one attached hydrogen (secondary N) is 7. The third-order valence-electron chi connectivity index (χ3n) is 18.2. The molecule has 8 amide bonds. The number of phenols is 3. The van der Waals surface area contributed by atoms with E-state index in [0.29, 0.717) is 0 Å². The number of carboxylic acid groups (broad SMARTS) is 1. The van der Waals surface area contributed by atoms with Crippen LogP contribution in [0.4, 0.5) is 4.79 Å². The number of nitrogens with two attached hydrogens (primary N) is 2. The first kappa shape index (κ1) is 79.7. The average Bonchev–Trinajstić information content (AvgIpc) is 0.724. The first-order valence-electron chi connectivity index (χ1n) is 33.5. The van der Waals surface area contributed by atoms with Gasteiger partial charge in [-0.1, -0.05) is 55.2 Å². The lowest BCUT2D eigenvalue weighted by Gasteiger charge is -2.48. The molecule has 35 nitrogen and oxygen atoms in total. The van der Waals surface area contributed by atoms with E-state index < -0.39 is 260 Å². The van der Waals surface area contributed by atoms with E-state index in [9.17, 15) is 79.8 Å². The Morgan fingerprint density at radius 1 is 0.710 bits per heavy atom. The van der Waals surface area contributed by atoms with Crippen LogP contribution in [0, 0.1) is 5.92 Å². The number of aromatic hydroxyl groups is 3. The van der Waals surface area contributed by atoms with E-state index in [1.54, 1.807) is 34.6 Å². The zero-order valence-corrected chi connectivity index (χ0v) is 59.7. The number of phenolic OH excluding ortho intramolecular Hbond substituents is 3. The SMILES string of the molecule is CC(C)C[C@H](N)C(=O)N[C@H]1C(=O)N[C@@H](CC(N)=O)C(=O)N[C@H]2C(=O)N[C@H]3C(=O)N[C@H](C(=O)N[C@H](C(=O)O)c4cc(O)cc(O)c4-c4cc3ccc4O)[C@H](O)c3ccc(c(Cl)c3)Oc3cc2cc(c3OC2O[C@H](CO)[C@@H](O)[C@H](O)C2O[C@H]2C[C@](C)(NC(=O)OC(C)(C)C)[C@H](O)[C@H](C)O2)Oc2ccc(cc2Cl)[C@H]1O. The van der Waals surface area contributed by atoms with E-state index in [2.05, 4.69) is 37.2 Å². The quantitative estimate of drug-likeness (QED) is 0.0792. The predicted molar refractivity (Wildman–Crippen MR) is 370 cm³/mol. The van der Waals surface area contributed by atoms with Gasteiger partial charge in [-0.25, -0.2) is 9.59 Å². The maximum Gasteiger partial charge on any atom is 0.408 e. The second kappa shape index (κ2) is 31.9. The zero-order valence-electron chi connectivity index (χ0n) is 58.1. The van der Waals surface area contributed by atoms with Crippen molar-refractivity contribution in [2.75, 3.05) is 6.61 Å². The van der Waals surface area contributed by atoms with Crippen LogP contribution in [-0.2, 0) is 57.3 Å². The summed E-state index contributed by atoms with van der Waals surface area (Å²) in [5, 5.41) is 131. The fourth-order valence-electron chi connectivity index (χ4n) is 12.9. The number of hydrogen-bond acceptors (Lipinski definition) is 26. The van der Waals surface area contributed by atoms with Crippen molar-refractivity contribution in [2.45, 2.75) is 183 Å². The largest absolute Gasteiger partial charge is 0.508 e. The van der Waals surface area contributed by atoms with Gasteiger partial charge in [0.1, 0.15) is 101 Å². The highest BCUT2D eigenvalue weighted by atomic mass is 35.5. The molecule has 576 valence electrons. The van der Waals surface area contributed by atoms with E-state index >= 15 is 14.4 Å². The highest BCUT2D eigenvalue weighted by Crippen LogP contribution is 2.50. The highest BCUT2D eigenvalue weighted by Gasteiger charge is 2.53. The van der Waals surface area contributed by atoms with Crippen molar-refractivity contribution in [3.63, 3.8) is 0 Å². The summed E-state index contributed by atoms with van der Waals surface area (Å²) >= 11 is 14.1. The smallest absolute Gasteiger partial charge is 0.408 e. The van der Waals surface area contributed by atoms with Gasteiger partial charge in [0.25, 0.3) is 0 Å². The second-order valence-electron chi connectivity index (χ2n) is 28.0. The minimum atomic E-state index is -2.39. The summed E-state index contributed by atoms with van der Waals surface area (Å²) in [6.45, 7) is 10.2. The molecule has 12 rings (SSSR count). The van der Waals surface area contributed by atoms with Crippen LogP contribution in [-0.4, -0.2) is 196 Å². The molecule has 21 N–H and O–H groups in total. The normalized spacial score (nSPS) is 28.5. The van der Waals surface area contributed by atoms with Gasteiger partial charge in [-0.15, -0.1) is 0 Å². The molecular weight excluding hydrogens is 1450 g/mol. The minimum Gasteiger partial charge on any atom is -0.508 e.